The minimum atomic E-state index is -0.339. The molecular formula is C20H18N2O3. The summed E-state index contributed by atoms with van der Waals surface area (Å²) in [5.41, 5.74) is 5.02. The number of hydrazone groups is 1. The lowest BCUT2D eigenvalue weighted by Crippen LogP contribution is -2.25. The Balaban J connectivity index is 1.62. The van der Waals surface area contributed by atoms with Gasteiger partial charge in [-0.15, -0.1) is 0 Å². The molecule has 0 fully saturated rings. The molecule has 126 valence electrons. The van der Waals surface area contributed by atoms with Gasteiger partial charge in [0.1, 0.15) is 17.2 Å². The van der Waals surface area contributed by atoms with E-state index in [0.29, 0.717) is 17.2 Å². The molecule has 0 unspecified atom stereocenters. The van der Waals surface area contributed by atoms with Crippen molar-refractivity contribution in [3.63, 3.8) is 0 Å². The van der Waals surface area contributed by atoms with Gasteiger partial charge in [0.25, 0.3) is 5.91 Å². The van der Waals surface area contributed by atoms with Crippen molar-refractivity contribution < 1.29 is 13.9 Å². The summed E-state index contributed by atoms with van der Waals surface area (Å²) in [6, 6.07) is 21.0. The van der Waals surface area contributed by atoms with Gasteiger partial charge in [-0.25, -0.2) is 5.43 Å². The summed E-state index contributed by atoms with van der Waals surface area (Å²) in [6.07, 6.45) is 1.56. The van der Waals surface area contributed by atoms with E-state index in [2.05, 4.69) is 10.5 Å². The zero-order chi connectivity index (χ0) is 17.5. The van der Waals surface area contributed by atoms with Gasteiger partial charge in [-0.05, 0) is 30.7 Å². The van der Waals surface area contributed by atoms with Crippen LogP contribution in [0.3, 0.4) is 0 Å². The Hall–Kier alpha value is -3.34. The summed E-state index contributed by atoms with van der Waals surface area (Å²) in [7, 11) is 0. The normalized spacial score (nSPS) is 11.2. The standard InChI is InChI=1S/C20H18N2O3/c1-15(18-12-7-13-24-18)21-22-20(23)14-25-19-11-6-5-10-17(19)16-8-3-2-4-9-16/h2-13H,14H2,1H3,(H,22,23)/b21-15-. The maximum Gasteiger partial charge on any atom is 0.277 e. The second-order valence-electron chi connectivity index (χ2n) is 5.36. The Morgan fingerprint density at radius 1 is 1.04 bits per heavy atom. The fraction of sp³-hybridized carbons (Fsp3) is 0.100. The molecule has 5 heteroatoms. The number of amides is 1. The van der Waals surface area contributed by atoms with Crippen molar-refractivity contribution >= 4 is 11.6 Å². The number of rotatable bonds is 6. The number of hydrogen-bond donors (Lipinski definition) is 1. The molecule has 0 spiro atoms. The Morgan fingerprint density at radius 2 is 1.80 bits per heavy atom. The molecule has 0 aliphatic heterocycles. The molecule has 1 N–H and O–H groups in total. The molecule has 0 saturated heterocycles. The van der Waals surface area contributed by atoms with Gasteiger partial charge < -0.3 is 9.15 Å². The second-order valence-corrected chi connectivity index (χ2v) is 5.36. The third-order valence-corrected chi connectivity index (χ3v) is 3.56. The first kappa shape index (κ1) is 16.5. The highest BCUT2D eigenvalue weighted by atomic mass is 16.5. The number of carbonyl (C=O) groups excluding carboxylic acids is 1. The van der Waals surface area contributed by atoms with Crippen LogP contribution in [0.15, 0.2) is 82.5 Å². The van der Waals surface area contributed by atoms with Gasteiger partial charge in [-0.1, -0.05) is 48.5 Å². The largest absolute Gasteiger partial charge is 0.483 e. The average Bonchev–Trinajstić information content (AvgIpc) is 3.20. The Bertz CT molecular complexity index is 856. The number of ether oxygens (including phenoxy) is 1. The maximum absolute atomic E-state index is 12.0. The molecule has 1 aromatic heterocycles. The molecule has 25 heavy (non-hydrogen) atoms. The van der Waals surface area contributed by atoms with E-state index in [9.17, 15) is 4.79 Å². The molecule has 0 saturated carbocycles. The van der Waals surface area contributed by atoms with E-state index in [-0.39, 0.29) is 12.5 Å². The van der Waals surface area contributed by atoms with Crippen LogP contribution < -0.4 is 10.2 Å². The number of nitrogens with one attached hydrogen (secondary N) is 1. The summed E-state index contributed by atoms with van der Waals surface area (Å²) in [4.78, 5) is 12.0. The molecule has 0 atom stereocenters. The fourth-order valence-corrected chi connectivity index (χ4v) is 2.31. The van der Waals surface area contributed by atoms with E-state index >= 15 is 0 Å². The van der Waals surface area contributed by atoms with Crippen molar-refractivity contribution in [2.24, 2.45) is 5.10 Å². The van der Waals surface area contributed by atoms with Crippen LogP contribution in [0.2, 0.25) is 0 Å². The zero-order valence-corrected chi connectivity index (χ0v) is 13.8. The lowest BCUT2D eigenvalue weighted by Gasteiger charge is -2.11. The summed E-state index contributed by atoms with van der Waals surface area (Å²) in [5.74, 6) is 0.917. The predicted octanol–water partition coefficient (Wildman–Crippen LogP) is 3.87. The van der Waals surface area contributed by atoms with Gasteiger partial charge in [0.2, 0.25) is 0 Å². The van der Waals surface area contributed by atoms with E-state index in [4.69, 9.17) is 9.15 Å². The second kappa shape index (κ2) is 7.97. The number of hydrogen-bond acceptors (Lipinski definition) is 4. The van der Waals surface area contributed by atoms with Gasteiger partial charge in [0.05, 0.1) is 6.26 Å². The zero-order valence-electron chi connectivity index (χ0n) is 13.8. The number of nitrogens with zero attached hydrogens (tertiary/aromatic N) is 1. The molecule has 0 bridgehead atoms. The minimum Gasteiger partial charge on any atom is -0.483 e. The van der Waals surface area contributed by atoms with Crippen LogP contribution in [0.5, 0.6) is 5.75 Å². The molecule has 3 aromatic rings. The predicted molar refractivity (Wildman–Crippen MR) is 96.4 cm³/mol. The highest BCUT2D eigenvalue weighted by Crippen LogP contribution is 2.29. The molecule has 1 heterocycles. The van der Waals surface area contributed by atoms with Crippen molar-refractivity contribution in [2.75, 3.05) is 6.61 Å². The average molecular weight is 334 g/mol. The monoisotopic (exact) mass is 334 g/mol. The first-order valence-corrected chi connectivity index (χ1v) is 7.88. The lowest BCUT2D eigenvalue weighted by molar-refractivity contribution is -0.123. The van der Waals surface area contributed by atoms with Crippen molar-refractivity contribution in [3.8, 4) is 16.9 Å². The summed E-state index contributed by atoms with van der Waals surface area (Å²) < 4.78 is 10.9. The van der Waals surface area contributed by atoms with Crippen molar-refractivity contribution in [2.45, 2.75) is 6.92 Å². The van der Waals surface area contributed by atoms with Crippen molar-refractivity contribution in [3.05, 3.63) is 78.8 Å². The fourth-order valence-electron chi connectivity index (χ4n) is 2.31. The van der Waals surface area contributed by atoms with Gasteiger partial charge in [0, 0.05) is 5.56 Å². The van der Waals surface area contributed by atoms with E-state index in [0.717, 1.165) is 11.1 Å². The van der Waals surface area contributed by atoms with E-state index in [1.54, 1.807) is 25.3 Å². The minimum absolute atomic E-state index is 0.126. The van der Waals surface area contributed by atoms with E-state index in [1.807, 2.05) is 54.6 Å². The summed E-state index contributed by atoms with van der Waals surface area (Å²) in [6.45, 7) is 1.63. The van der Waals surface area contributed by atoms with E-state index in [1.165, 1.54) is 0 Å². The van der Waals surface area contributed by atoms with Crippen LogP contribution in [0.4, 0.5) is 0 Å². The number of para-hydroxylation sites is 1. The van der Waals surface area contributed by atoms with Gasteiger partial charge in [-0.3, -0.25) is 4.79 Å². The SMILES string of the molecule is C/C(=N/NC(=O)COc1ccccc1-c1ccccc1)c1ccco1. The van der Waals surface area contributed by atoms with Crippen LogP contribution in [0, 0.1) is 0 Å². The molecule has 3 rings (SSSR count). The van der Waals surface area contributed by atoms with Crippen molar-refractivity contribution in [1.29, 1.82) is 0 Å². The van der Waals surface area contributed by atoms with Crippen LogP contribution in [-0.2, 0) is 4.79 Å². The highest BCUT2D eigenvalue weighted by molar-refractivity contribution is 5.96. The molecule has 1 amide bonds. The lowest BCUT2D eigenvalue weighted by atomic mass is 10.1. The van der Waals surface area contributed by atoms with Gasteiger partial charge in [0.15, 0.2) is 6.61 Å². The molecule has 2 aromatic carbocycles. The van der Waals surface area contributed by atoms with Gasteiger partial charge in [-0.2, -0.15) is 5.10 Å². The quantitative estimate of drug-likeness (QED) is 0.550. The first-order valence-electron chi connectivity index (χ1n) is 7.88. The Kier molecular flexibility index (Phi) is 5.26. The summed E-state index contributed by atoms with van der Waals surface area (Å²) in [5, 5.41) is 4.00. The summed E-state index contributed by atoms with van der Waals surface area (Å²) >= 11 is 0. The number of furan rings is 1. The topological polar surface area (TPSA) is 63.8 Å². The van der Waals surface area contributed by atoms with Gasteiger partial charge >= 0.3 is 0 Å². The van der Waals surface area contributed by atoms with Crippen LogP contribution >= 0.6 is 0 Å². The first-order chi connectivity index (χ1) is 12.2. The van der Waals surface area contributed by atoms with Crippen LogP contribution in [-0.4, -0.2) is 18.2 Å². The van der Waals surface area contributed by atoms with Crippen molar-refractivity contribution in [1.82, 2.24) is 5.43 Å². The smallest absolute Gasteiger partial charge is 0.277 e. The van der Waals surface area contributed by atoms with Crippen LogP contribution in [0.25, 0.3) is 11.1 Å². The molecule has 5 nitrogen and oxygen atoms in total. The highest BCUT2D eigenvalue weighted by Gasteiger charge is 2.08. The molecular weight excluding hydrogens is 316 g/mol. The van der Waals surface area contributed by atoms with E-state index < -0.39 is 0 Å². The Morgan fingerprint density at radius 3 is 2.56 bits per heavy atom. The third kappa shape index (κ3) is 4.35. The Labute approximate surface area is 145 Å². The number of benzene rings is 2. The van der Waals surface area contributed by atoms with Crippen LogP contribution in [0.1, 0.15) is 12.7 Å². The molecule has 0 aliphatic carbocycles. The molecule has 0 radical (unpaired) electrons. The third-order valence-electron chi connectivity index (χ3n) is 3.56. The maximum atomic E-state index is 12.0. The number of carbonyl (C=O) groups is 1. The molecule has 0 aliphatic rings.